The minimum Gasteiger partial charge on any atom is -0.461 e. The number of aryl methyl sites for hydroxylation is 1. The topological polar surface area (TPSA) is 90.4 Å². The van der Waals surface area contributed by atoms with Gasteiger partial charge in [0.05, 0.1) is 12.4 Å². The van der Waals surface area contributed by atoms with Gasteiger partial charge in [0.15, 0.2) is 5.76 Å². The SMILES string of the molecule is O=C(CCc1nc(-c2ccco2)no1)NC[C@H]1CCCO1. The van der Waals surface area contributed by atoms with Gasteiger partial charge in [-0.2, -0.15) is 4.98 Å². The number of carbonyl (C=O) groups is 1. The summed E-state index contributed by atoms with van der Waals surface area (Å²) >= 11 is 0. The van der Waals surface area contributed by atoms with Crippen LogP contribution in [0, 0.1) is 0 Å². The summed E-state index contributed by atoms with van der Waals surface area (Å²) in [5.41, 5.74) is 0. The monoisotopic (exact) mass is 291 g/mol. The second-order valence-electron chi connectivity index (χ2n) is 4.93. The number of amides is 1. The van der Waals surface area contributed by atoms with E-state index in [-0.39, 0.29) is 12.0 Å². The van der Waals surface area contributed by atoms with Gasteiger partial charge >= 0.3 is 0 Å². The number of rotatable bonds is 6. The predicted octanol–water partition coefficient (Wildman–Crippen LogP) is 1.56. The quantitative estimate of drug-likeness (QED) is 0.868. The Morgan fingerprint density at radius 1 is 1.48 bits per heavy atom. The Labute approximate surface area is 121 Å². The first-order valence-corrected chi connectivity index (χ1v) is 7.06. The molecule has 1 saturated heterocycles. The van der Waals surface area contributed by atoms with Crippen molar-refractivity contribution in [2.75, 3.05) is 13.2 Å². The van der Waals surface area contributed by atoms with Gasteiger partial charge in [0.25, 0.3) is 0 Å². The third-order valence-corrected chi connectivity index (χ3v) is 3.33. The van der Waals surface area contributed by atoms with Gasteiger partial charge in [-0.15, -0.1) is 0 Å². The lowest BCUT2D eigenvalue weighted by atomic mass is 10.2. The van der Waals surface area contributed by atoms with Crippen LogP contribution in [0.1, 0.15) is 25.2 Å². The summed E-state index contributed by atoms with van der Waals surface area (Å²) in [4.78, 5) is 15.9. The highest BCUT2D eigenvalue weighted by Crippen LogP contribution is 2.16. The second kappa shape index (κ2) is 6.53. The highest BCUT2D eigenvalue weighted by molar-refractivity contribution is 5.76. The van der Waals surface area contributed by atoms with Crippen molar-refractivity contribution in [3.63, 3.8) is 0 Å². The molecule has 0 bridgehead atoms. The largest absolute Gasteiger partial charge is 0.461 e. The van der Waals surface area contributed by atoms with Crippen LogP contribution in [-0.4, -0.2) is 35.3 Å². The molecule has 1 amide bonds. The molecule has 3 rings (SSSR count). The van der Waals surface area contributed by atoms with Crippen LogP contribution in [0.3, 0.4) is 0 Å². The molecule has 112 valence electrons. The van der Waals surface area contributed by atoms with E-state index in [0.717, 1.165) is 19.4 Å². The molecule has 7 heteroatoms. The van der Waals surface area contributed by atoms with Gasteiger partial charge in [-0.3, -0.25) is 4.79 Å². The smallest absolute Gasteiger partial charge is 0.238 e. The summed E-state index contributed by atoms with van der Waals surface area (Å²) < 4.78 is 15.7. The maximum absolute atomic E-state index is 11.7. The highest BCUT2D eigenvalue weighted by atomic mass is 16.5. The lowest BCUT2D eigenvalue weighted by Crippen LogP contribution is -2.31. The van der Waals surface area contributed by atoms with Crippen LogP contribution in [0.2, 0.25) is 0 Å². The minimum atomic E-state index is -0.0387. The number of nitrogens with zero attached hydrogens (tertiary/aromatic N) is 2. The minimum absolute atomic E-state index is 0.0387. The Morgan fingerprint density at radius 3 is 3.19 bits per heavy atom. The third kappa shape index (κ3) is 3.69. The van der Waals surface area contributed by atoms with Gasteiger partial charge in [-0.1, -0.05) is 5.16 Å². The van der Waals surface area contributed by atoms with E-state index < -0.39 is 0 Å². The normalized spacial score (nSPS) is 18.0. The first-order chi connectivity index (χ1) is 10.3. The fraction of sp³-hybridized carbons (Fsp3) is 0.500. The number of furan rings is 1. The van der Waals surface area contributed by atoms with Crippen molar-refractivity contribution in [3.05, 3.63) is 24.3 Å². The summed E-state index contributed by atoms with van der Waals surface area (Å²) in [7, 11) is 0. The molecule has 1 aliphatic rings. The van der Waals surface area contributed by atoms with Crippen LogP contribution >= 0.6 is 0 Å². The fourth-order valence-corrected chi connectivity index (χ4v) is 2.20. The molecule has 0 spiro atoms. The summed E-state index contributed by atoms with van der Waals surface area (Å²) in [6, 6.07) is 3.51. The zero-order valence-electron chi connectivity index (χ0n) is 11.6. The number of nitrogens with one attached hydrogen (secondary N) is 1. The van der Waals surface area contributed by atoms with Gasteiger partial charge < -0.3 is 19.0 Å². The maximum atomic E-state index is 11.7. The Bertz CT molecular complexity index is 573. The Morgan fingerprint density at radius 2 is 2.43 bits per heavy atom. The van der Waals surface area contributed by atoms with Crippen molar-refractivity contribution < 1.29 is 18.5 Å². The Balaban J connectivity index is 1.43. The second-order valence-corrected chi connectivity index (χ2v) is 4.93. The summed E-state index contributed by atoms with van der Waals surface area (Å²) in [5.74, 6) is 1.33. The lowest BCUT2D eigenvalue weighted by molar-refractivity contribution is -0.121. The molecule has 1 aliphatic heterocycles. The van der Waals surface area contributed by atoms with Gasteiger partial charge in [0, 0.05) is 26.0 Å². The molecule has 1 N–H and O–H groups in total. The molecule has 2 aromatic heterocycles. The van der Waals surface area contributed by atoms with Crippen molar-refractivity contribution in [1.82, 2.24) is 15.5 Å². The first-order valence-electron chi connectivity index (χ1n) is 7.06. The summed E-state index contributed by atoms with van der Waals surface area (Å²) in [6.07, 6.45) is 4.50. The van der Waals surface area contributed by atoms with Crippen LogP contribution in [0.5, 0.6) is 0 Å². The van der Waals surface area contributed by atoms with Crippen molar-refractivity contribution in [2.24, 2.45) is 0 Å². The van der Waals surface area contributed by atoms with Crippen LogP contribution in [0.25, 0.3) is 11.6 Å². The number of hydrogen-bond donors (Lipinski definition) is 1. The number of hydrogen-bond acceptors (Lipinski definition) is 6. The van der Waals surface area contributed by atoms with Crippen LogP contribution in [0.15, 0.2) is 27.3 Å². The lowest BCUT2D eigenvalue weighted by Gasteiger charge is -2.09. The molecule has 0 unspecified atom stereocenters. The Kier molecular flexibility index (Phi) is 4.30. The number of carbonyl (C=O) groups excluding carboxylic acids is 1. The van der Waals surface area contributed by atoms with E-state index in [2.05, 4.69) is 15.5 Å². The average Bonchev–Trinajstić information content (AvgIpc) is 3.24. The van der Waals surface area contributed by atoms with Gasteiger partial charge in [0.1, 0.15) is 0 Å². The van der Waals surface area contributed by atoms with Crippen molar-refractivity contribution in [3.8, 4) is 11.6 Å². The van der Waals surface area contributed by atoms with Crippen molar-refractivity contribution in [1.29, 1.82) is 0 Å². The molecule has 0 aromatic carbocycles. The van der Waals surface area contributed by atoms with Gasteiger partial charge in [-0.05, 0) is 25.0 Å². The van der Waals surface area contributed by atoms with Crippen molar-refractivity contribution in [2.45, 2.75) is 31.8 Å². The van der Waals surface area contributed by atoms with E-state index in [1.165, 1.54) is 0 Å². The van der Waals surface area contributed by atoms with Gasteiger partial charge in [0.2, 0.25) is 17.6 Å². The molecule has 21 heavy (non-hydrogen) atoms. The van der Waals surface area contributed by atoms with Crippen LogP contribution in [0.4, 0.5) is 0 Å². The molecule has 7 nitrogen and oxygen atoms in total. The van der Waals surface area contributed by atoms with Gasteiger partial charge in [-0.25, -0.2) is 0 Å². The molecule has 0 saturated carbocycles. The fourth-order valence-electron chi connectivity index (χ4n) is 2.20. The standard InChI is InChI=1S/C14H17N3O4/c18-12(15-9-10-3-1-7-19-10)5-6-13-16-14(17-21-13)11-4-2-8-20-11/h2,4,8,10H,1,3,5-7,9H2,(H,15,18)/t10-/m1/s1. The van der Waals surface area contributed by atoms with Crippen LogP contribution < -0.4 is 5.32 Å². The average molecular weight is 291 g/mol. The molecule has 0 aliphatic carbocycles. The Hall–Kier alpha value is -2.15. The zero-order chi connectivity index (χ0) is 14.5. The molecular weight excluding hydrogens is 274 g/mol. The molecule has 1 fully saturated rings. The van der Waals surface area contributed by atoms with E-state index in [9.17, 15) is 4.79 Å². The number of aromatic nitrogens is 2. The summed E-state index contributed by atoms with van der Waals surface area (Å²) in [6.45, 7) is 1.36. The molecule has 3 heterocycles. The van der Waals surface area contributed by atoms with Crippen molar-refractivity contribution >= 4 is 5.91 Å². The number of ether oxygens (including phenoxy) is 1. The van der Waals surface area contributed by atoms with E-state index >= 15 is 0 Å². The van der Waals surface area contributed by atoms with E-state index in [4.69, 9.17) is 13.7 Å². The predicted molar refractivity (Wildman–Crippen MR) is 72.3 cm³/mol. The highest BCUT2D eigenvalue weighted by Gasteiger charge is 2.17. The van der Waals surface area contributed by atoms with E-state index in [0.29, 0.717) is 36.9 Å². The summed E-state index contributed by atoms with van der Waals surface area (Å²) in [5, 5.41) is 6.67. The van der Waals surface area contributed by atoms with E-state index in [1.807, 2.05) is 0 Å². The van der Waals surface area contributed by atoms with Crippen LogP contribution in [-0.2, 0) is 16.0 Å². The molecule has 2 aromatic rings. The maximum Gasteiger partial charge on any atom is 0.238 e. The molecular formula is C14H17N3O4. The van der Waals surface area contributed by atoms with E-state index in [1.54, 1.807) is 18.4 Å². The third-order valence-electron chi connectivity index (χ3n) is 3.33. The zero-order valence-corrected chi connectivity index (χ0v) is 11.6. The molecule has 1 atom stereocenters. The molecule has 0 radical (unpaired) electrons. The first kappa shape index (κ1) is 13.8.